The van der Waals surface area contributed by atoms with Gasteiger partial charge in [0.1, 0.15) is 0 Å². The number of hydrogen-bond acceptors (Lipinski definition) is 2. The monoisotopic (exact) mass is 161 g/mol. The van der Waals surface area contributed by atoms with Crippen LogP contribution in [-0.2, 0) is 0 Å². The minimum Gasteiger partial charge on any atom is -0.827 e. The van der Waals surface area contributed by atoms with Crippen LogP contribution in [0.3, 0.4) is 0 Å². The fraction of sp³-hybridized carbons (Fsp3) is 1.00. The fourth-order valence-corrected chi connectivity index (χ4v) is 0.664. The third-order valence-corrected chi connectivity index (χ3v) is 2.43. The van der Waals surface area contributed by atoms with E-state index in [-0.39, 0.29) is 12.1 Å². The number of rotatable bonds is 2. The lowest BCUT2D eigenvalue weighted by Gasteiger charge is -2.44. The third-order valence-electron chi connectivity index (χ3n) is 2.43. The van der Waals surface area contributed by atoms with Crippen LogP contribution in [0.2, 0.25) is 0 Å². The van der Waals surface area contributed by atoms with Crippen molar-refractivity contribution in [3.05, 3.63) is 0 Å². The topological polar surface area (TPSA) is 43.3 Å². The van der Waals surface area contributed by atoms with E-state index in [1.165, 1.54) is 0 Å². The molecule has 11 heavy (non-hydrogen) atoms. The highest BCUT2D eigenvalue weighted by molar-refractivity contribution is 4.60. The van der Waals surface area contributed by atoms with Crippen molar-refractivity contribution in [2.45, 2.75) is 32.6 Å². The minimum absolute atomic E-state index is 0.00535. The van der Waals surface area contributed by atoms with Crippen LogP contribution in [0.5, 0.6) is 0 Å². The Morgan fingerprint density at radius 1 is 1.36 bits per heavy atom. The Morgan fingerprint density at radius 2 is 1.73 bits per heavy atom. The summed E-state index contributed by atoms with van der Waals surface area (Å²) in [5, 5.41) is 19.2. The molecule has 1 N–H and O–H groups in total. The summed E-state index contributed by atoms with van der Waals surface area (Å²) < 4.78 is 0.539. The summed E-state index contributed by atoms with van der Waals surface area (Å²) in [4.78, 5) is 0. The van der Waals surface area contributed by atoms with E-state index in [0.717, 1.165) is 0 Å². The van der Waals surface area contributed by atoms with Crippen molar-refractivity contribution in [3.8, 4) is 0 Å². The van der Waals surface area contributed by atoms with Gasteiger partial charge in [-0.1, -0.05) is 0 Å². The van der Waals surface area contributed by atoms with Crippen molar-refractivity contribution in [1.29, 1.82) is 0 Å². The van der Waals surface area contributed by atoms with Gasteiger partial charge >= 0.3 is 0 Å². The summed E-state index contributed by atoms with van der Waals surface area (Å²) >= 11 is 0. The lowest BCUT2D eigenvalue weighted by molar-refractivity contribution is -0.946. The molecule has 0 saturated carbocycles. The lowest BCUT2D eigenvalue weighted by atomic mass is 10.0. The highest BCUT2D eigenvalue weighted by Crippen LogP contribution is 2.18. The van der Waals surface area contributed by atoms with Gasteiger partial charge in [0.2, 0.25) is 0 Å². The smallest absolute Gasteiger partial charge is 0.0903 e. The first-order chi connectivity index (χ1) is 4.67. The van der Waals surface area contributed by atoms with E-state index in [2.05, 4.69) is 20.8 Å². The molecule has 1 atom stereocenters. The van der Waals surface area contributed by atoms with Crippen LogP contribution in [0.25, 0.3) is 0 Å². The average Bonchev–Trinajstić information content (AvgIpc) is 1.56. The average molecular weight is 161 g/mol. The van der Waals surface area contributed by atoms with E-state index in [0.29, 0.717) is 4.48 Å². The number of hydrogen-bond donors (Lipinski definition) is 1. The Balaban J connectivity index is 4.22. The molecule has 3 heteroatoms. The van der Waals surface area contributed by atoms with Crippen molar-refractivity contribution in [3.63, 3.8) is 0 Å². The van der Waals surface area contributed by atoms with Crippen molar-refractivity contribution in [1.82, 2.24) is 0 Å². The highest BCUT2D eigenvalue weighted by atomic mass is 16.5. The predicted molar refractivity (Wildman–Crippen MR) is 42.7 cm³/mol. The lowest BCUT2D eigenvalue weighted by Crippen LogP contribution is -2.59. The Labute approximate surface area is 68.9 Å². The largest absolute Gasteiger partial charge is 0.827 e. The second kappa shape index (κ2) is 3.09. The van der Waals surface area contributed by atoms with Crippen molar-refractivity contribution < 1.29 is 14.7 Å². The number of likely N-dealkylation sites (N-methyl/N-ethyl adjacent to an activating group) is 1. The van der Waals surface area contributed by atoms with E-state index in [4.69, 9.17) is 5.11 Å². The van der Waals surface area contributed by atoms with Crippen LogP contribution in [0.1, 0.15) is 20.8 Å². The van der Waals surface area contributed by atoms with Gasteiger partial charge in [-0.3, -0.25) is 0 Å². The molecular weight excluding hydrogens is 142 g/mol. The Kier molecular flexibility index (Phi) is 3.06. The molecule has 0 radical (unpaired) electrons. The molecule has 0 aliphatic rings. The van der Waals surface area contributed by atoms with Crippen LogP contribution in [0.15, 0.2) is 0 Å². The molecule has 68 valence electrons. The molecule has 0 aromatic heterocycles. The second-order valence-electron chi connectivity index (χ2n) is 4.49. The van der Waals surface area contributed by atoms with Gasteiger partial charge < -0.3 is 14.7 Å². The van der Waals surface area contributed by atoms with Crippen molar-refractivity contribution in [2.24, 2.45) is 0 Å². The SMILES string of the molecule is CC(C)(C)[N+](C)(C)CC([O-])O. The maximum absolute atomic E-state index is 10.5. The number of nitrogens with zero attached hydrogens (tertiary/aromatic N) is 1. The summed E-state index contributed by atoms with van der Waals surface area (Å²) in [6.45, 7) is 6.41. The van der Waals surface area contributed by atoms with Gasteiger partial charge in [0.25, 0.3) is 0 Å². The minimum atomic E-state index is -1.47. The molecular formula is C8H19NO2. The number of quaternary nitrogens is 1. The molecule has 3 nitrogen and oxygen atoms in total. The van der Waals surface area contributed by atoms with Gasteiger partial charge in [0.05, 0.1) is 26.2 Å². The van der Waals surface area contributed by atoms with Crippen LogP contribution in [0, 0.1) is 0 Å². The summed E-state index contributed by atoms with van der Waals surface area (Å²) in [5.41, 5.74) is 0.00535. The molecule has 0 rings (SSSR count). The summed E-state index contributed by atoms with van der Waals surface area (Å²) in [5.74, 6) is 0. The Bertz CT molecular complexity index is 125. The normalized spacial score (nSPS) is 16.6. The highest BCUT2D eigenvalue weighted by Gasteiger charge is 2.31. The molecule has 0 bridgehead atoms. The maximum Gasteiger partial charge on any atom is 0.0903 e. The molecule has 0 fully saturated rings. The molecule has 0 saturated heterocycles. The van der Waals surface area contributed by atoms with Gasteiger partial charge in [-0.2, -0.15) is 0 Å². The third kappa shape index (κ3) is 3.18. The zero-order valence-corrected chi connectivity index (χ0v) is 8.09. The zero-order valence-electron chi connectivity index (χ0n) is 8.09. The van der Waals surface area contributed by atoms with E-state index >= 15 is 0 Å². The predicted octanol–water partition coefficient (Wildman–Crippen LogP) is -0.460. The molecule has 0 spiro atoms. The zero-order chi connectivity index (χ0) is 9.28. The van der Waals surface area contributed by atoms with Gasteiger partial charge in [0.15, 0.2) is 0 Å². The van der Waals surface area contributed by atoms with E-state index in [9.17, 15) is 5.11 Å². The molecule has 0 aliphatic carbocycles. The number of aliphatic hydroxyl groups excluding tert-OH is 1. The molecule has 0 aromatic carbocycles. The first-order valence-electron chi connectivity index (χ1n) is 3.84. The molecule has 0 heterocycles. The van der Waals surface area contributed by atoms with Crippen molar-refractivity contribution >= 4 is 0 Å². The van der Waals surface area contributed by atoms with Gasteiger partial charge in [-0.05, 0) is 20.8 Å². The molecule has 0 amide bonds. The van der Waals surface area contributed by atoms with E-state index in [1.54, 1.807) is 0 Å². The number of aliphatic hydroxyl groups is 1. The van der Waals surface area contributed by atoms with Crippen LogP contribution < -0.4 is 5.11 Å². The Morgan fingerprint density at radius 3 is 1.82 bits per heavy atom. The summed E-state index contributed by atoms with van der Waals surface area (Å²) in [7, 11) is 3.89. The summed E-state index contributed by atoms with van der Waals surface area (Å²) in [6.07, 6.45) is -1.47. The van der Waals surface area contributed by atoms with E-state index < -0.39 is 6.29 Å². The maximum atomic E-state index is 10.5. The van der Waals surface area contributed by atoms with Crippen LogP contribution in [-0.4, -0.2) is 42.1 Å². The molecule has 1 unspecified atom stereocenters. The summed E-state index contributed by atoms with van der Waals surface area (Å²) in [6, 6.07) is 0. The van der Waals surface area contributed by atoms with Crippen LogP contribution >= 0.6 is 0 Å². The van der Waals surface area contributed by atoms with Crippen LogP contribution in [0.4, 0.5) is 0 Å². The van der Waals surface area contributed by atoms with E-state index in [1.807, 2.05) is 14.1 Å². The standard InChI is InChI=1S/C8H19NO2/c1-8(2,3)9(4,5)6-7(10)11/h7,10H,6H2,1-5H3. The second-order valence-corrected chi connectivity index (χ2v) is 4.49. The Hall–Kier alpha value is -0.120. The van der Waals surface area contributed by atoms with Gasteiger partial charge in [-0.15, -0.1) is 0 Å². The quantitative estimate of drug-likeness (QED) is 0.440. The molecule has 0 aliphatic heterocycles. The molecule has 0 aromatic rings. The first-order valence-corrected chi connectivity index (χ1v) is 3.84. The van der Waals surface area contributed by atoms with Gasteiger partial charge in [0, 0.05) is 6.29 Å². The fourth-order valence-electron chi connectivity index (χ4n) is 0.664. The van der Waals surface area contributed by atoms with Gasteiger partial charge in [-0.25, -0.2) is 0 Å². The van der Waals surface area contributed by atoms with Crippen molar-refractivity contribution in [2.75, 3.05) is 20.6 Å². The first kappa shape index (κ1) is 10.9.